The fourth-order valence-corrected chi connectivity index (χ4v) is 2.94. The number of carbonyl (C=O) groups is 1. The monoisotopic (exact) mass is 268 g/mol. The fraction of sp³-hybridized carbons (Fsp3) is 0.667. The molecule has 100 valence electrons. The molecule has 2 rings (SSSR count). The number of aromatic nitrogens is 1. The zero-order chi connectivity index (χ0) is 12.8. The second-order valence-electron chi connectivity index (χ2n) is 4.69. The van der Waals surface area contributed by atoms with Gasteiger partial charge in [0.05, 0.1) is 6.54 Å². The van der Waals surface area contributed by atoms with Crippen molar-refractivity contribution in [1.82, 2.24) is 15.2 Å². The molecule has 6 heteroatoms. The van der Waals surface area contributed by atoms with Gasteiger partial charge in [-0.05, 0) is 38.9 Å². The van der Waals surface area contributed by atoms with Crippen molar-refractivity contribution >= 4 is 22.4 Å². The molecule has 0 bridgehead atoms. The summed E-state index contributed by atoms with van der Waals surface area (Å²) in [5.41, 5.74) is 0. The number of thiazole rings is 1. The molecular formula is C12H20N4OS. The molecule has 1 atom stereocenters. The lowest BCUT2D eigenvalue weighted by Gasteiger charge is -2.31. The predicted octanol–water partition coefficient (Wildman–Crippen LogP) is 1.01. The molecule has 1 aromatic rings. The van der Waals surface area contributed by atoms with Crippen molar-refractivity contribution in [1.29, 1.82) is 0 Å². The molecule has 1 aliphatic rings. The maximum atomic E-state index is 11.8. The van der Waals surface area contributed by atoms with Gasteiger partial charge in [-0.1, -0.05) is 0 Å². The Labute approximate surface area is 112 Å². The third-order valence-electron chi connectivity index (χ3n) is 3.14. The van der Waals surface area contributed by atoms with Crippen LogP contribution >= 0.6 is 11.3 Å². The van der Waals surface area contributed by atoms with Crippen LogP contribution in [-0.2, 0) is 4.79 Å². The molecule has 2 N–H and O–H groups in total. The van der Waals surface area contributed by atoms with Crippen LogP contribution in [0.3, 0.4) is 0 Å². The van der Waals surface area contributed by atoms with Crippen molar-refractivity contribution in [3.8, 4) is 0 Å². The number of nitrogens with one attached hydrogen (secondary N) is 2. The number of piperidine rings is 1. The zero-order valence-electron chi connectivity index (χ0n) is 10.7. The molecule has 0 spiro atoms. The molecule has 1 unspecified atom stereocenters. The molecule has 1 saturated heterocycles. The highest BCUT2D eigenvalue weighted by molar-refractivity contribution is 7.13. The van der Waals surface area contributed by atoms with Crippen LogP contribution in [0.25, 0.3) is 0 Å². The molecule has 0 radical (unpaired) electrons. The minimum Gasteiger partial charge on any atom is -0.319 e. The maximum Gasteiger partial charge on any atom is 0.240 e. The van der Waals surface area contributed by atoms with Crippen LogP contribution in [0.2, 0.25) is 0 Å². The van der Waals surface area contributed by atoms with Gasteiger partial charge < -0.3 is 10.6 Å². The Bertz CT molecular complexity index is 366. The van der Waals surface area contributed by atoms with Gasteiger partial charge in [0.25, 0.3) is 0 Å². The highest BCUT2D eigenvalue weighted by Crippen LogP contribution is 2.16. The Kier molecular flexibility index (Phi) is 5.10. The summed E-state index contributed by atoms with van der Waals surface area (Å²) in [6.07, 6.45) is 4.13. The quantitative estimate of drug-likeness (QED) is 0.837. The van der Waals surface area contributed by atoms with E-state index in [1.165, 1.54) is 24.2 Å². The van der Waals surface area contributed by atoms with Gasteiger partial charge in [0.1, 0.15) is 0 Å². The van der Waals surface area contributed by atoms with Gasteiger partial charge in [-0.2, -0.15) is 0 Å². The van der Waals surface area contributed by atoms with Gasteiger partial charge in [-0.15, -0.1) is 11.3 Å². The number of likely N-dealkylation sites (tertiary alicyclic amines) is 1. The minimum atomic E-state index is 0.0371. The predicted molar refractivity (Wildman–Crippen MR) is 73.8 cm³/mol. The summed E-state index contributed by atoms with van der Waals surface area (Å²) in [4.78, 5) is 18.1. The van der Waals surface area contributed by atoms with Crippen molar-refractivity contribution in [3.05, 3.63) is 11.6 Å². The van der Waals surface area contributed by atoms with Crippen LogP contribution in [-0.4, -0.2) is 49.0 Å². The Morgan fingerprint density at radius 1 is 1.67 bits per heavy atom. The molecule has 18 heavy (non-hydrogen) atoms. The van der Waals surface area contributed by atoms with E-state index in [1.807, 2.05) is 12.4 Å². The number of hydrogen-bond donors (Lipinski definition) is 2. The third-order valence-corrected chi connectivity index (χ3v) is 3.83. The highest BCUT2D eigenvalue weighted by atomic mass is 32.1. The van der Waals surface area contributed by atoms with Crippen molar-refractivity contribution < 1.29 is 4.79 Å². The highest BCUT2D eigenvalue weighted by Gasteiger charge is 2.21. The number of anilines is 1. The number of hydrogen-bond acceptors (Lipinski definition) is 5. The van der Waals surface area contributed by atoms with Crippen molar-refractivity contribution in [2.45, 2.75) is 12.8 Å². The van der Waals surface area contributed by atoms with Gasteiger partial charge >= 0.3 is 0 Å². The molecular weight excluding hydrogens is 248 g/mol. The first kappa shape index (κ1) is 13.5. The van der Waals surface area contributed by atoms with E-state index in [9.17, 15) is 4.79 Å². The topological polar surface area (TPSA) is 57.3 Å². The van der Waals surface area contributed by atoms with Gasteiger partial charge in [-0.25, -0.2) is 4.98 Å². The normalized spacial score (nSPS) is 20.8. The van der Waals surface area contributed by atoms with Gasteiger partial charge in [0.15, 0.2) is 5.13 Å². The maximum absolute atomic E-state index is 11.8. The molecule has 1 aromatic heterocycles. The summed E-state index contributed by atoms with van der Waals surface area (Å²) >= 11 is 1.45. The average molecular weight is 268 g/mol. The van der Waals surface area contributed by atoms with E-state index in [0.29, 0.717) is 17.6 Å². The van der Waals surface area contributed by atoms with Gasteiger partial charge in [-0.3, -0.25) is 9.69 Å². The summed E-state index contributed by atoms with van der Waals surface area (Å²) in [5, 5.41) is 8.58. The first-order chi connectivity index (χ1) is 8.78. The number of carbonyl (C=O) groups excluding carboxylic acids is 1. The molecule has 0 aliphatic carbocycles. The lowest BCUT2D eigenvalue weighted by molar-refractivity contribution is -0.117. The smallest absolute Gasteiger partial charge is 0.240 e. The van der Waals surface area contributed by atoms with E-state index in [-0.39, 0.29) is 5.91 Å². The Morgan fingerprint density at radius 3 is 3.28 bits per heavy atom. The number of nitrogens with zero attached hydrogens (tertiary/aromatic N) is 2. The largest absolute Gasteiger partial charge is 0.319 e. The van der Waals surface area contributed by atoms with Crippen LogP contribution in [0, 0.1) is 5.92 Å². The molecule has 0 saturated carbocycles. The average Bonchev–Trinajstić information content (AvgIpc) is 2.82. The van der Waals surface area contributed by atoms with Crippen LogP contribution in [0.5, 0.6) is 0 Å². The summed E-state index contributed by atoms with van der Waals surface area (Å²) in [6.45, 7) is 3.53. The van der Waals surface area contributed by atoms with E-state index in [4.69, 9.17) is 0 Å². The van der Waals surface area contributed by atoms with Gasteiger partial charge in [0, 0.05) is 18.1 Å². The molecule has 1 aliphatic heterocycles. The molecule has 1 fully saturated rings. The fourth-order valence-electron chi connectivity index (χ4n) is 2.40. The van der Waals surface area contributed by atoms with E-state index in [2.05, 4.69) is 20.5 Å². The number of amides is 1. The summed E-state index contributed by atoms with van der Waals surface area (Å²) < 4.78 is 0. The second-order valence-corrected chi connectivity index (χ2v) is 5.58. The molecule has 2 heterocycles. The third kappa shape index (κ3) is 4.04. The van der Waals surface area contributed by atoms with Crippen LogP contribution in [0.1, 0.15) is 12.8 Å². The first-order valence-corrected chi connectivity index (χ1v) is 7.22. The van der Waals surface area contributed by atoms with E-state index < -0.39 is 0 Å². The molecule has 0 aromatic carbocycles. The second kappa shape index (κ2) is 6.82. The SMILES string of the molecule is CNCC1CCCN(CC(=O)Nc2nccs2)C1. The Hall–Kier alpha value is -0.980. The molecule has 5 nitrogen and oxygen atoms in total. The Morgan fingerprint density at radius 2 is 2.56 bits per heavy atom. The lowest BCUT2D eigenvalue weighted by atomic mass is 9.98. The van der Waals surface area contributed by atoms with Crippen molar-refractivity contribution in [2.75, 3.05) is 38.5 Å². The summed E-state index contributed by atoms with van der Waals surface area (Å²) in [6, 6.07) is 0. The van der Waals surface area contributed by atoms with Crippen LogP contribution < -0.4 is 10.6 Å². The van der Waals surface area contributed by atoms with Crippen molar-refractivity contribution in [3.63, 3.8) is 0 Å². The first-order valence-electron chi connectivity index (χ1n) is 6.34. The molecule has 1 amide bonds. The number of rotatable bonds is 5. The standard InChI is InChI=1S/C12H20N4OS/c1-13-7-10-3-2-5-16(8-10)9-11(17)15-12-14-4-6-18-12/h4,6,10,13H,2-3,5,7-9H2,1H3,(H,14,15,17). The zero-order valence-corrected chi connectivity index (χ0v) is 11.5. The van der Waals surface area contributed by atoms with Crippen molar-refractivity contribution in [2.24, 2.45) is 5.92 Å². The van der Waals surface area contributed by atoms with Gasteiger partial charge in [0.2, 0.25) is 5.91 Å². The van der Waals surface area contributed by atoms with E-state index >= 15 is 0 Å². The van der Waals surface area contributed by atoms with Crippen LogP contribution in [0.15, 0.2) is 11.6 Å². The van der Waals surface area contributed by atoms with E-state index in [1.54, 1.807) is 6.20 Å². The van der Waals surface area contributed by atoms with Crippen LogP contribution in [0.4, 0.5) is 5.13 Å². The van der Waals surface area contributed by atoms with E-state index in [0.717, 1.165) is 19.6 Å². The summed E-state index contributed by atoms with van der Waals surface area (Å²) in [7, 11) is 1.98. The Balaban J connectivity index is 1.76. The minimum absolute atomic E-state index is 0.0371. The lowest BCUT2D eigenvalue weighted by Crippen LogP contribution is -2.42. The summed E-state index contributed by atoms with van der Waals surface area (Å²) in [5.74, 6) is 0.700.